The normalized spacial score (nSPS) is 41.9. The molecule has 0 amide bonds. The molecule has 4 rings (SSSR count). The van der Waals surface area contributed by atoms with Gasteiger partial charge in [0.2, 0.25) is 0 Å². The van der Waals surface area contributed by atoms with Crippen LogP contribution in [-0.4, -0.2) is 17.5 Å². The van der Waals surface area contributed by atoms with Crippen LogP contribution < -0.4 is 0 Å². The van der Waals surface area contributed by atoms with Crippen molar-refractivity contribution in [2.75, 3.05) is 0 Å². The first-order valence-corrected chi connectivity index (χ1v) is 14.3. The Morgan fingerprint density at radius 1 is 1.00 bits per heavy atom. The van der Waals surface area contributed by atoms with Crippen molar-refractivity contribution in [3.8, 4) is 0 Å². The molecule has 0 aliphatic heterocycles. The van der Waals surface area contributed by atoms with Crippen LogP contribution in [0.4, 0.5) is 0 Å². The maximum Gasteiger partial charge on any atom is 0.159 e. The highest BCUT2D eigenvalue weighted by atomic mass is 16.5. The molecule has 3 fully saturated rings. The summed E-state index contributed by atoms with van der Waals surface area (Å²) in [5, 5.41) is 0. The lowest BCUT2D eigenvalue weighted by atomic mass is 9.46. The van der Waals surface area contributed by atoms with E-state index in [2.05, 4.69) is 61.5 Å². The Bertz CT molecular complexity index is 757. The van der Waals surface area contributed by atoms with Gasteiger partial charge in [-0.15, -0.1) is 0 Å². The third-order valence-corrected chi connectivity index (χ3v) is 10.6. The van der Waals surface area contributed by atoms with Crippen LogP contribution in [0.5, 0.6) is 0 Å². The molecule has 0 N–H and O–H groups in total. The third-order valence-electron chi connectivity index (χ3n) is 10.6. The molecule has 2 nitrogen and oxygen atoms in total. The van der Waals surface area contributed by atoms with E-state index < -0.39 is 0 Å². The van der Waals surface area contributed by atoms with Crippen molar-refractivity contribution in [3.63, 3.8) is 0 Å². The quantitative estimate of drug-likeness (QED) is 0.401. The molecule has 0 aromatic heterocycles. The van der Waals surface area contributed by atoms with E-state index in [-0.39, 0.29) is 23.0 Å². The number of ether oxygens (including phenoxy) is 1. The number of hydrogen-bond donors (Lipinski definition) is 0. The molecule has 0 radical (unpaired) electrons. The van der Waals surface area contributed by atoms with Gasteiger partial charge in [0.15, 0.2) is 5.78 Å². The summed E-state index contributed by atoms with van der Waals surface area (Å²) >= 11 is 0. The van der Waals surface area contributed by atoms with E-state index in [1.165, 1.54) is 56.9 Å². The van der Waals surface area contributed by atoms with Gasteiger partial charge in [0.1, 0.15) is 0 Å². The number of carbonyl (C=O) groups excluding carboxylic acids is 1. The van der Waals surface area contributed by atoms with Crippen LogP contribution in [0.15, 0.2) is 11.6 Å². The minimum Gasteiger partial charge on any atom is -0.372 e. The number of ketones is 1. The Hall–Kier alpha value is -0.630. The maximum atomic E-state index is 13.7. The highest BCUT2D eigenvalue weighted by Gasteiger charge is 2.61. The number of rotatable bonds is 6. The van der Waals surface area contributed by atoms with Crippen LogP contribution in [0.1, 0.15) is 120 Å². The van der Waals surface area contributed by atoms with Gasteiger partial charge in [0.25, 0.3) is 0 Å². The predicted octanol–water partition coefficient (Wildman–Crippen LogP) is 8.39. The van der Waals surface area contributed by atoms with Crippen LogP contribution in [-0.2, 0) is 9.53 Å². The maximum absolute atomic E-state index is 13.7. The molecule has 33 heavy (non-hydrogen) atoms. The Kier molecular flexibility index (Phi) is 7.03. The molecule has 3 saturated carbocycles. The SMILES string of the molecule is CC(C)CCC[C@@H](C)[C@H]1CC[C@H]2[C@@H]3C(=O)C=C4C[C@@H](OC(C)(C)C)CC[C@]4(C)[C@H]3CC[C@]12C. The summed E-state index contributed by atoms with van der Waals surface area (Å²) in [6.07, 6.45) is 14.9. The van der Waals surface area contributed by atoms with Gasteiger partial charge in [-0.25, -0.2) is 0 Å². The molecule has 4 aliphatic carbocycles. The molecule has 0 heterocycles. The van der Waals surface area contributed by atoms with Crippen LogP contribution in [0, 0.1) is 46.3 Å². The van der Waals surface area contributed by atoms with Gasteiger partial charge in [0.05, 0.1) is 11.7 Å². The first kappa shape index (κ1) is 25.5. The van der Waals surface area contributed by atoms with E-state index in [1.54, 1.807) is 0 Å². The van der Waals surface area contributed by atoms with Crippen molar-refractivity contribution in [3.05, 3.63) is 11.6 Å². The summed E-state index contributed by atoms with van der Waals surface area (Å²) < 4.78 is 6.36. The summed E-state index contributed by atoms with van der Waals surface area (Å²) in [4.78, 5) is 13.7. The van der Waals surface area contributed by atoms with Gasteiger partial charge in [-0.1, -0.05) is 59.5 Å². The first-order chi connectivity index (χ1) is 15.3. The third kappa shape index (κ3) is 4.76. The highest BCUT2D eigenvalue weighted by Crippen LogP contribution is 2.66. The number of carbonyl (C=O) groups is 1. The molecule has 0 bridgehead atoms. The van der Waals surface area contributed by atoms with E-state index >= 15 is 0 Å². The average molecular weight is 457 g/mol. The largest absolute Gasteiger partial charge is 0.372 e. The zero-order valence-corrected chi connectivity index (χ0v) is 23.0. The summed E-state index contributed by atoms with van der Waals surface area (Å²) in [6, 6.07) is 0. The Morgan fingerprint density at radius 3 is 2.39 bits per heavy atom. The van der Waals surface area contributed by atoms with Gasteiger partial charge >= 0.3 is 0 Å². The van der Waals surface area contributed by atoms with E-state index in [4.69, 9.17) is 4.74 Å². The topological polar surface area (TPSA) is 26.3 Å². The number of hydrogen-bond acceptors (Lipinski definition) is 2. The van der Waals surface area contributed by atoms with Crippen molar-refractivity contribution in [1.29, 1.82) is 0 Å². The minimum absolute atomic E-state index is 0.114. The fourth-order valence-electron chi connectivity index (χ4n) is 8.99. The molecule has 0 saturated heterocycles. The second-order valence-electron chi connectivity index (χ2n) is 14.4. The molecular formula is C31H52O2. The second-order valence-corrected chi connectivity index (χ2v) is 14.4. The molecule has 2 heteroatoms. The average Bonchev–Trinajstić information content (AvgIpc) is 3.05. The van der Waals surface area contributed by atoms with Crippen LogP contribution in [0.2, 0.25) is 0 Å². The van der Waals surface area contributed by atoms with E-state index in [0.717, 1.165) is 30.6 Å². The van der Waals surface area contributed by atoms with E-state index in [1.807, 2.05) is 0 Å². The molecule has 4 aliphatic rings. The first-order valence-electron chi connectivity index (χ1n) is 14.3. The molecule has 0 aromatic carbocycles. The lowest BCUT2D eigenvalue weighted by molar-refractivity contribution is -0.137. The fraction of sp³-hybridized carbons (Fsp3) is 0.903. The molecule has 0 unspecified atom stereocenters. The van der Waals surface area contributed by atoms with Crippen LogP contribution in [0.3, 0.4) is 0 Å². The van der Waals surface area contributed by atoms with Crippen molar-refractivity contribution in [1.82, 2.24) is 0 Å². The monoisotopic (exact) mass is 456 g/mol. The van der Waals surface area contributed by atoms with Gasteiger partial charge in [-0.2, -0.15) is 0 Å². The Labute approximate surface area is 204 Å². The van der Waals surface area contributed by atoms with Gasteiger partial charge in [-0.3, -0.25) is 4.79 Å². The minimum atomic E-state index is -0.114. The molecule has 8 atom stereocenters. The van der Waals surface area contributed by atoms with Gasteiger partial charge in [-0.05, 0) is 112 Å². The zero-order chi connectivity index (χ0) is 24.2. The molecule has 188 valence electrons. The lowest BCUT2D eigenvalue weighted by Crippen LogP contribution is -2.54. The van der Waals surface area contributed by atoms with Crippen molar-refractivity contribution < 1.29 is 9.53 Å². The smallest absolute Gasteiger partial charge is 0.159 e. The Morgan fingerprint density at radius 2 is 1.73 bits per heavy atom. The summed E-state index contributed by atoms with van der Waals surface area (Å²) in [7, 11) is 0. The molecule has 0 spiro atoms. The lowest BCUT2D eigenvalue weighted by Gasteiger charge is -2.58. The fourth-order valence-corrected chi connectivity index (χ4v) is 8.99. The second kappa shape index (κ2) is 9.11. The molecular weight excluding hydrogens is 404 g/mol. The van der Waals surface area contributed by atoms with Gasteiger partial charge in [0, 0.05) is 5.92 Å². The number of allylic oxidation sites excluding steroid dienone is 1. The molecule has 0 aromatic rings. The highest BCUT2D eigenvalue weighted by molar-refractivity contribution is 5.94. The van der Waals surface area contributed by atoms with Gasteiger partial charge < -0.3 is 4.74 Å². The van der Waals surface area contributed by atoms with Crippen molar-refractivity contribution in [2.45, 2.75) is 131 Å². The zero-order valence-electron chi connectivity index (χ0n) is 23.0. The van der Waals surface area contributed by atoms with Crippen LogP contribution in [0.25, 0.3) is 0 Å². The standard InChI is InChI=1S/C31H52O2/c1-20(2)10-9-11-21(3)24-12-13-25-28-26(15-17-31(24,25)8)30(7)16-14-23(33-29(4,5)6)18-22(30)19-27(28)32/h19-21,23-26,28H,9-18H2,1-8H3/t21-,23+,24-,25+,26+,28+,30+,31-/m1/s1. The van der Waals surface area contributed by atoms with Crippen molar-refractivity contribution in [2.24, 2.45) is 46.3 Å². The summed E-state index contributed by atoms with van der Waals surface area (Å²) in [6.45, 7) is 18.7. The summed E-state index contributed by atoms with van der Waals surface area (Å²) in [5.41, 5.74) is 1.87. The van der Waals surface area contributed by atoms with E-state index in [0.29, 0.717) is 23.0 Å². The summed E-state index contributed by atoms with van der Waals surface area (Å²) in [5.74, 6) is 4.29. The number of fused-ring (bicyclic) bond motifs is 5. The van der Waals surface area contributed by atoms with Crippen molar-refractivity contribution >= 4 is 5.78 Å². The predicted molar refractivity (Wildman–Crippen MR) is 138 cm³/mol. The van der Waals surface area contributed by atoms with E-state index in [9.17, 15) is 4.79 Å². The van der Waals surface area contributed by atoms with Crippen LogP contribution >= 0.6 is 0 Å². The Balaban J connectivity index is 1.51.